The Hall–Kier alpha value is -3.41. The normalized spacial score (nSPS) is 11.0. The molecular weight excluding hydrogens is 342 g/mol. The van der Waals surface area contributed by atoms with Crippen molar-refractivity contribution in [1.29, 1.82) is 0 Å². The van der Waals surface area contributed by atoms with Gasteiger partial charge in [0.05, 0.1) is 12.8 Å². The van der Waals surface area contributed by atoms with Crippen LogP contribution in [-0.4, -0.2) is 29.3 Å². The highest BCUT2D eigenvalue weighted by atomic mass is 16.5. The third-order valence-corrected chi connectivity index (χ3v) is 4.27. The van der Waals surface area contributed by atoms with Gasteiger partial charge in [0.1, 0.15) is 6.54 Å². The third-order valence-electron chi connectivity index (χ3n) is 4.27. The van der Waals surface area contributed by atoms with Crippen LogP contribution in [0.15, 0.2) is 59.7 Å². The number of amides is 1. The molecule has 6 heteroatoms. The number of hydrazone groups is 1. The standard InChI is InChI=1S/C21H21N3O3/c1-3-27-20(25)14-24-15(2)18(17-11-7-8-12-19(17)24)13-22-23-21(26)16-9-5-4-6-10-16/h4-13H,3,14H2,1-2H3,(H,23,26)/b22-13-. The van der Waals surface area contributed by atoms with Gasteiger partial charge in [0.2, 0.25) is 0 Å². The van der Waals surface area contributed by atoms with Crippen LogP contribution >= 0.6 is 0 Å². The number of hydrogen-bond acceptors (Lipinski definition) is 4. The topological polar surface area (TPSA) is 72.7 Å². The Balaban J connectivity index is 1.87. The van der Waals surface area contributed by atoms with Crippen LogP contribution in [0.2, 0.25) is 0 Å². The zero-order valence-corrected chi connectivity index (χ0v) is 15.3. The number of para-hydroxylation sites is 1. The Morgan fingerprint density at radius 2 is 1.81 bits per heavy atom. The van der Waals surface area contributed by atoms with E-state index in [4.69, 9.17) is 4.74 Å². The van der Waals surface area contributed by atoms with Crippen LogP contribution in [0.4, 0.5) is 0 Å². The van der Waals surface area contributed by atoms with E-state index in [9.17, 15) is 9.59 Å². The molecule has 3 aromatic rings. The summed E-state index contributed by atoms with van der Waals surface area (Å²) < 4.78 is 6.97. The number of esters is 1. The first-order valence-corrected chi connectivity index (χ1v) is 8.73. The molecule has 0 aliphatic rings. The average molecular weight is 363 g/mol. The Morgan fingerprint density at radius 1 is 1.11 bits per heavy atom. The number of carbonyl (C=O) groups excluding carboxylic acids is 2. The summed E-state index contributed by atoms with van der Waals surface area (Å²) in [6.07, 6.45) is 1.61. The van der Waals surface area contributed by atoms with E-state index in [0.29, 0.717) is 12.2 Å². The number of carbonyl (C=O) groups is 2. The van der Waals surface area contributed by atoms with E-state index < -0.39 is 0 Å². The molecule has 138 valence electrons. The molecule has 0 spiro atoms. The van der Waals surface area contributed by atoms with Crippen molar-refractivity contribution in [2.75, 3.05) is 6.61 Å². The Morgan fingerprint density at radius 3 is 2.56 bits per heavy atom. The summed E-state index contributed by atoms with van der Waals surface area (Å²) in [4.78, 5) is 24.1. The molecular formula is C21H21N3O3. The maximum atomic E-state index is 12.1. The molecule has 6 nitrogen and oxygen atoms in total. The fourth-order valence-electron chi connectivity index (χ4n) is 2.97. The molecule has 0 bridgehead atoms. The molecule has 0 saturated carbocycles. The number of rotatable bonds is 6. The van der Waals surface area contributed by atoms with E-state index in [1.165, 1.54) is 0 Å². The zero-order valence-electron chi connectivity index (χ0n) is 15.3. The summed E-state index contributed by atoms with van der Waals surface area (Å²) in [5.74, 6) is -0.568. The number of nitrogens with one attached hydrogen (secondary N) is 1. The van der Waals surface area contributed by atoms with Crippen LogP contribution in [0, 0.1) is 6.92 Å². The average Bonchev–Trinajstić information content (AvgIpc) is 2.94. The van der Waals surface area contributed by atoms with Crippen molar-refractivity contribution in [3.05, 3.63) is 71.4 Å². The Bertz CT molecular complexity index is 991. The fourth-order valence-corrected chi connectivity index (χ4v) is 2.97. The molecule has 0 radical (unpaired) electrons. The maximum Gasteiger partial charge on any atom is 0.325 e. The first-order valence-electron chi connectivity index (χ1n) is 8.73. The number of nitrogens with zero attached hydrogens (tertiary/aromatic N) is 2. The molecule has 0 unspecified atom stereocenters. The summed E-state index contributed by atoms with van der Waals surface area (Å²) >= 11 is 0. The van der Waals surface area contributed by atoms with E-state index in [-0.39, 0.29) is 18.4 Å². The number of hydrogen-bond donors (Lipinski definition) is 1. The summed E-state index contributed by atoms with van der Waals surface area (Å²) in [5, 5.41) is 5.06. The van der Waals surface area contributed by atoms with Gasteiger partial charge < -0.3 is 9.30 Å². The van der Waals surface area contributed by atoms with E-state index in [1.54, 1.807) is 37.4 Å². The summed E-state index contributed by atoms with van der Waals surface area (Å²) in [5.41, 5.74) is 5.72. The monoisotopic (exact) mass is 363 g/mol. The molecule has 1 aromatic heterocycles. The maximum absolute atomic E-state index is 12.1. The molecule has 1 heterocycles. The van der Waals surface area contributed by atoms with Gasteiger partial charge in [-0.1, -0.05) is 36.4 Å². The highest BCUT2D eigenvalue weighted by molar-refractivity contribution is 6.02. The van der Waals surface area contributed by atoms with Gasteiger partial charge in [0.15, 0.2) is 0 Å². The first kappa shape index (κ1) is 18.4. The first-order chi connectivity index (χ1) is 13.1. The molecule has 0 atom stereocenters. The van der Waals surface area contributed by atoms with E-state index in [0.717, 1.165) is 22.2 Å². The number of aromatic nitrogens is 1. The summed E-state index contributed by atoms with van der Waals surface area (Å²) in [7, 11) is 0. The van der Waals surface area contributed by atoms with Gasteiger partial charge in [-0.2, -0.15) is 5.10 Å². The van der Waals surface area contributed by atoms with Crippen LogP contribution in [-0.2, 0) is 16.1 Å². The van der Waals surface area contributed by atoms with Crippen LogP contribution in [0.3, 0.4) is 0 Å². The largest absolute Gasteiger partial charge is 0.465 e. The van der Waals surface area contributed by atoms with Gasteiger partial charge in [0.25, 0.3) is 5.91 Å². The molecule has 3 rings (SSSR count). The SMILES string of the molecule is CCOC(=O)Cn1c(C)c(/C=N\NC(=O)c2ccccc2)c2ccccc21. The number of benzene rings is 2. The smallest absolute Gasteiger partial charge is 0.325 e. The predicted molar refractivity (Wildman–Crippen MR) is 105 cm³/mol. The van der Waals surface area contributed by atoms with Crippen LogP contribution in [0.5, 0.6) is 0 Å². The lowest BCUT2D eigenvalue weighted by Gasteiger charge is -2.07. The Kier molecular flexibility index (Phi) is 5.66. The second kappa shape index (κ2) is 8.31. The Labute approximate surface area is 157 Å². The second-order valence-corrected chi connectivity index (χ2v) is 5.97. The van der Waals surface area contributed by atoms with Crippen molar-refractivity contribution >= 4 is 29.0 Å². The van der Waals surface area contributed by atoms with Crippen molar-refractivity contribution < 1.29 is 14.3 Å². The fraction of sp³-hybridized carbons (Fsp3) is 0.190. The van der Waals surface area contributed by atoms with Gasteiger partial charge in [-0.15, -0.1) is 0 Å². The highest BCUT2D eigenvalue weighted by Gasteiger charge is 2.15. The molecule has 27 heavy (non-hydrogen) atoms. The van der Waals surface area contributed by atoms with Crippen molar-refractivity contribution in [3.63, 3.8) is 0 Å². The lowest BCUT2D eigenvalue weighted by atomic mass is 10.1. The van der Waals surface area contributed by atoms with Gasteiger partial charge >= 0.3 is 5.97 Å². The molecule has 1 N–H and O–H groups in total. The van der Waals surface area contributed by atoms with Crippen LogP contribution in [0.1, 0.15) is 28.5 Å². The predicted octanol–water partition coefficient (Wildman–Crippen LogP) is 3.28. The lowest BCUT2D eigenvalue weighted by Crippen LogP contribution is -2.17. The van der Waals surface area contributed by atoms with Crippen LogP contribution in [0.25, 0.3) is 10.9 Å². The molecule has 0 saturated heterocycles. The zero-order chi connectivity index (χ0) is 19.2. The van der Waals surface area contributed by atoms with E-state index in [2.05, 4.69) is 10.5 Å². The van der Waals surface area contributed by atoms with E-state index in [1.807, 2.05) is 41.8 Å². The van der Waals surface area contributed by atoms with Crippen molar-refractivity contribution in [2.24, 2.45) is 5.10 Å². The van der Waals surface area contributed by atoms with Crippen LogP contribution < -0.4 is 5.43 Å². The second-order valence-electron chi connectivity index (χ2n) is 5.97. The molecule has 2 aromatic carbocycles. The number of ether oxygens (including phenoxy) is 1. The minimum Gasteiger partial charge on any atom is -0.465 e. The minimum atomic E-state index is -0.290. The van der Waals surface area contributed by atoms with Crippen molar-refractivity contribution in [2.45, 2.75) is 20.4 Å². The number of fused-ring (bicyclic) bond motifs is 1. The van der Waals surface area contributed by atoms with Gasteiger partial charge in [0, 0.05) is 27.7 Å². The summed E-state index contributed by atoms with van der Waals surface area (Å²) in [6, 6.07) is 16.6. The summed E-state index contributed by atoms with van der Waals surface area (Å²) in [6.45, 7) is 4.17. The van der Waals surface area contributed by atoms with Crippen molar-refractivity contribution in [3.8, 4) is 0 Å². The van der Waals surface area contributed by atoms with Crippen molar-refractivity contribution in [1.82, 2.24) is 9.99 Å². The molecule has 0 fully saturated rings. The van der Waals surface area contributed by atoms with Gasteiger partial charge in [-0.3, -0.25) is 9.59 Å². The minimum absolute atomic E-state index is 0.129. The molecule has 0 aliphatic heterocycles. The van der Waals surface area contributed by atoms with Gasteiger partial charge in [-0.25, -0.2) is 5.43 Å². The lowest BCUT2D eigenvalue weighted by molar-refractivity contribution is -0.143. The van der Waals surface area contributed by atoms with Gasteiger partial charge in [-0.05, 0) is 32.0 Å². The molecule has 0 aliphatic carbocycles. The van der Waals surface area contributed by atoms with E-state index >= 15 is 0 Å². The third kappa shape index (κ3) is 4.06. The quantitative estimate of drug-likeness (QED) is 0.415. The molecule has 1 amide bonds. The highest BCUT2D eigenvalue weighted by Crippen LogP contribution is 2.24.